The lowest BCUT2D eigenvalue weighted by Crippen LogP contribution is -2.61. The molecule has 1 aromatic carbocycles. The van der Waals surface area contributed by atoms with Crippen molar-refractivity contribution in [1.29, 1.82) is 0 Å². The number of rotatable bonds is 2. The zero-order valence-electron chi connectivity index (χ0n) is 15.5. The monoisotopic (exact) mass is 391 g/mol. The van der Waals surface area contributed by atoms with Crippen molar-refractivity contribution in [2.45, 2.75) is 18.4 Å². The summed E-state index contributed by atoms with van der Waals surface area (Å²) in [5, 5.41) is 2.10. The molecule has 0 saturated carbocycles. The predicted molar refractivity (Wildman–Crippen MR) is 111 cm³/mol. The summed E-state index contributed by atoms with van der Waals surface area (Å²) < 4.78 is 6.01. The first-order valence-electron chi connectivity index (χ1n) is 9.88. The molecule has 2 bridgehead atoms. The number of anilines is 1. The van der Waals surface area contributed by atoms with E-state index in [4.69, 9.17) is 4.74 Å². The minimum Gasteiger partial charge on any atom is -0.439 e. The highest BCUT2D eigenvalue weighted by Crippen LogP contribution is 2.45. The number of aromatic nitrogens is 1. The number of carbonyl (C=O) groups excluding carboxylic acids is 1. The van der Waals surface area contributed by atoms with Crippen molar-refractivity contribution >= 4 is 33.3 Å². The molecule has 2 aromatic heterocycles. The zero-order chi connectivity index (χ0) is 18.7. The fourth-order valence-corrected chi connectivity index (χ4v) is 6.03. The number of piperidine rings is 3. The van der Waals surface area contributed by atoms with Gasteiger partial charge in [-0.1, -0.05) is 12.1 Å². The zero-order valence-corrected chi connectivity index (χ0v) is 16.3. The van der Waals surface area contributed by atoms with E-state index in [9.17, 15) is 4.79 Å². The van der Waals surface area contributed by atoms with Crippen LogP contribution in [0.15, 0.2) is 48.7 Å². The highest BCUT2D eigenvalue weighted by Gasteiger charge is 2.55. The van der Waals surface area contributed by atoms with E-state index in [1.54, 1.807) is 11.3 Å². The number of benzene rings is 1. The number of hydrogen-bond donors (Lipinski definition) is 0. The Labute approximate surface area is 167 Å². The molecule has 3 aromatic rings. The molecule has 1 atom stereocenters. The fourth-order valence-electron chi connectivity index (χ4n) is 5.04. The Bertz CT molecular complexity index is 1070. The number of fused-ring (bicyclic) bond motifs is 3. The number of pyridine rings is 1. The summed E-state index contributed by atoms with van der Waals surface area (Å²) in [6, 6.07) is 14.5. The van der Waals surface area contributed by atoms with Crippen molar-refractivity contribution in [2.24, 2.45) is 5.92 Å². The Kier molecular flexibility index (Phi) is 3.55. The molecule has 28 heavy (non-hydrogen) atoms. The van der Waals surface area contributed by atoms with Crippen LogP contribution in [0.1, 0.15) is 12.8 Å². The first-order valence-corrected chi connectivity index (χ1v) is 10.7. The summed E-state index contributed by atoms with van der Waals surface area (Å²) in [6.45, 7) is 3.85. The molecule has 0 radical (unpaired) electrons. The summed E-state index contributed by atoms with van der Waals surface area (Å²) in [5.74, 6) is 0.499. The SMILES string of the molecule is O=C1OC2(CN3CCC2CC3)CN1c1ccc(-c2ccc3ncccc3c2)s1. The highest BCUT2D eigenvalue weighted by atomic mass is 32.1. The quantitative estimate of drug-likeness (QED) is 0.650. The van der Waals surface area contributed by atoms with Crippen LogP contribution in [0, 0.1) is 5.92 Å². The summed E-state index contributed by atoms with van der Waals surface area (Å²) >= 11 is 1.65. The first-order chi connectivity index (χ1) is 13.7. The molecule has 7 rings (SSSR count). The second-order valence-corrected chi connectivity index (χ2v) is 9.18. The Morgan fingerprint density at radius 3 is 2.82 bits per heavy atom. The van der Waals surface area contributed by atoms with Crippen LogP contribution in [-0.4, -0.2) is 47.8 Å². The van der Waals surface area contributed by atoms with Gasteiger partial charge in [0, 0.05) is 28.9 Å². The lowest BCUT2D eigenvalue weighted by molar-refractivity contribution is -0.0881. The lowest BCUT2D eigenvalue weighted by Gasteiger charge is -2.49. The molecule has 6 heterocycles. The number of hydrogen-bond acceptors (Lipinski definition) is 5. The molecule has 0 N–H and O–H groups in total. The van der Waals surface area contributed by atoms with E-state index in [1.165, 1.54) is 0 Å². The normalized spacial score (nSPS) is 29.0. The van der Waals surface area contributed by atoms with Gasteiger partial charge in [0.1, 0.15) is 10.6 Å². The van der Waals surface area contributed by atoms with Gasteiger partial charge in [-0.25, -0.2) is 4.79 Å². The van der Waals surface area contributed by atoms with Crippen LogP contribution in [0.5, 0.6) is 0 Å². The molecule has 5 nitrogen and oxygen atoms in total. The topological polar surface area (TPSA) is 45.7 Å². The molecule has 1 amide bonds. The molecule has 4 fully saturated rings. The van der Waals surface area contributed by atoms with Gasteiger partial charge in [-0.05, 0) is 61.8 Å². The maximum Gasteiger partial charge on any atom is 0.415 e. The fraction of sp³-hybridized carbons (Fsp3) is 0.364. The van der Waals surface area contributed by atoms with E-state index in [-0.39, 0.29) is 11.7 Å². The van der Waals surface area contributed by atoms with Crippen molar-refractivity contribution in [3.63, 3.8) is 0 Å². The van der Waals surface area contributed by atoms with Crippen molar-refractivity contribution in [1.82, 2.24) is 9.88 Å². The van der Waals surface area contributed by atoms with Gasteiger partial charge in [0.05, 0.1) is 12.1 Å². The van der Waals surface area contributed by atoms with Crippen molar-refractivity contribution in [3.8, 4) is 10.4 Å². The van der Waals surface area contributed by atoms with Crippen LogP contribution in [0.3, 0.4) is 0 Å². The van der Waals surface area contributed by atoms with E-state index in [2.05, 4.69) is 46.3 Å². The van der Waals surface area contributed by atoms with E-state index in [1.807, 2.05) is 17.2 Å². The van der Waals surface area contributed by atoms with Gasteiger partial charge in [-0.2, -0.15) is 0 Å². The van der Waals surface area contributed by atoms with Crippen LogP contribution < -0.4 is 4.90 Å². The summed E-state index contributed by atoms with van der Waals surface area (Å²) in [7, 11) is 0. The number of thiophene rings is 1. The van der Waals surface area contributed by atoms with E-state index < -0.39 is 0 Å². The molecule has 1 spiro atoms. The second kappa shape index (κ2) is 6.03. The van der Waals surface area contributed by atoms with Gasteiger partial charge in [-0.3, -0.25) is 14.8 Å². The van der Waals surface area contributed by atoms with Gasteiger partial charge >= 0.3 is 6.09 Å². The molecule has 0 aliphatic carbocycles. The van der Waals surface area contributed by atoms with E-state index in [0.717, 1.165) is 58.8 Å². The summed E-state index contributed by atoms with van der Waals surface area (Å²) in [6.07, 6.45) is 3.91. The van der Waals surface area contributed by atoms with Crippen LogP contribution in [-0.2, 0) is 4.74 Å². The van der Waals surface area contributed by atoms with E-state index >= 15 is 0 Å². The molecule has 1 unspecified atom stereocenters. The second-order valence-electron chi connectivity index (χ2n) is 8.12. The van der Waals surface area contributed by atoms with Gasteiger partial charge in [-0.15, -0.1) is 11.3 Å². The molecule has 6 heteroatoms. The van der Waals surface area contributed by atoms with Crippen molar-refractivity contribution in [2.75, 3.05) is 31.1 Å². The largest absolute Gasteiger partial charge is 0.439 e. The average molecular weight is 391 g/mol. The Morgan fingerprint density at radius 1 is 1.11 bits per heavy atom. The van der Waals surface area contributed by atoms with Crippen molar-refractivity contribution < 1.29 is 9.53 Å². The third kappa shape index (κ3) is 2.48. The molecule has 4 aliphatic rings. The predicted octanol–water partition coefficient (Wildman–Crippen LogP) is 4.38. The minimum atomic E-state index is -0.313. The molecular formula is C22H21N3O2S. The summed E-state index contributed by atoms with van der Waals surface area (Å²) in [5.41, 5.74) is 1.84. The van der Waals surface area contributed by atoms with Gasteiger partial charge < -0.3 is 4.74 Å². The maximum absolute atomic E-state index is 12.7. The Balaban J connectivity index is 1.30. The van der Waals surface area contributed by atoms with E-state index in [0.29, 0.717) is 12.5 Å². The Morgan fingerprint density at radius 2 is 2.00 bits per heavy atom. The Hall–Kier alpha value is -2.44. The maximum atomic E-state index is 12.7. The average Bonchev–Trinajstić information content (AvgIpc) is 3.33. The molecule has 4 aliphatic heterocycles. The van der Waals surface area contributed by atoms with Gasteiger partial charge in [0.15, 0.2) is 0 Å². The highest BCUT2D eigenvalue weighted by molar-refractivity contribution is 7.19. The third-order valence-corrected chi connectivity index (χ3v) is 7.66. The number of nitrogens with zero attached hydrogens (tertiary/aromatic N) is 3. The van der Waals surface area contributed by atoms with Crippen LogP contribution in [0.4, 0.5) is 9.80 Å². The number of ether oxygens (including phenoxy) is 1. The molecule has 142 valence electrons. The number of amides is 1. The van der Waals surface area contributed by atoms with Crippen LogP contribution in [0.25, 0.3) is 21.3 Å². The molecule has 4 saturated heterocycles. The summed E-state index contributed by atoms with van der Waals surface area (Å²) in [4.78, 5) is 22.6. The number of carbonyl (C=O) groups is 1. The smallest absolute Gasteiger partial charge is 0.415 e. The molecular weight excluding hydrogens is 370 g/mol. The van der Waals surface area contributed by atoms with Gasteiger partial charge in [0.25, 0.3) is 0 Å². The lowest BCUT2D eigenvalue weighted by atomic mass is 9.75. The third-order valence-electron chi connectivity index (χ3n) is 6.50. The van der Waals surface area contributed by atoms with Gasteiger partial charge in [0.2, 0.25) is 0 Å². The van der Waals surface area contributed by atoms with Crippen LogP contribution >= 0.6 is 11.3 Å². The van der Waals surface area contributed by atoms with Crippen molar-refractivity contribution in [3.05, 3.63) is 48.7 Å². The standard InChI is InChI=1S/C22H21N3O2S/c26-21-25(14-22(27-21)13-24-10-7-17(22)8-11-24)20-6-5-19(28-20)16-3-4-18-15(12-16)2-1-9-23-18/h1-6,9,12,17H,7-8,10-11,13-14H2. The van der Waals surface area contributed by atoms with Crippen LogP contribution in [0.2, 0.25) is 0 Å². The first kappa shape index (κ1) is 16.5. The minimum absolute atomic E-state index is 0.190.